The quantitative estimate of drug-likeness (QED) is 0.509. The first-order valence-corrected chi connectivity index (χ1v) is 2.95. The van der Waals surface area contributed by atoms with Gasteiger partial charge < -0.3 is 5.73 Å². The van der Waals surface area contributed by atoms with Gasteiger partial charge in [0.05, 0.1) is 6.16 Å². The molecule has 0 aliphatic carbocycles. The second-order valence-corrected chi connectivity index (χ2v) is 1.96. The molecule has 0 aliphatic heterocycles. The number of rotatable bonds is 2. The first kappa shape index (κ1) is 5.86. The molecule has 0 fully saturated rings. The predicted molar refractivity (Wildman–Crippen MR) is 22.2 cm³/mol. The zero-order valence-corrected chi connectivity index (χ0v) is 4.15. The van der Waals surface area contributed by atoms with Gasteiger partial charge in [0.2, 0.25) is 0 Å². The van der Waals surface area contributed by atoms with Crippen LogP contribution in [-0.2, 0) is 9.13 Å². The highest BCUT2D eigenvalue weighted by molar-refractivity contribution is 7.30. The van der Waals surface area contributed by atoms with Crippen LogP contribution in [0, 0.1) is 0 Å². The summed E-state index contributed by atoms with van der Waals surface area (Å²) in [5, 5.41) is 0. The molecule has 0 saturated carbocycles. The van der Waals surface area contributed by atoms with Gasteiger partial charge in [-0.3, -0.25) is 0 Å². The average Bonchev–Trinajstić information content (AvgIpc) is 1.35. The molecule has 0 radical (unpaired) electrons. The van der Waals surface area contributed by atoms with Crippen molar-refractivity contribution in [3.05, 3.63) is 0 Å². The first-order chi connectivity index (χ1) is 2.77. The molecule has 0 amide bonds. The Hall–Kier alpha value is -0.140. The molecule has 0 rings (SSSR count). The summed E-state index contributed by atoms with van der Waals surface area (Å²) >= 11 is 0. The molecular formula is C2H6NO2P. The number of hydrogen-bond donors (Lipinski definition) is 1. The monoisotopic (exact) mass is 107 g/mol. The van der Waals surface area contributed by atoms with Gasteiger partial charge in [0.25, 0.3) is 0 Å². The van der Waals surface area contributed by atoms with Crippen molar-refractivity contribution < 1.29 is 9.13 Å². The number of nitrogens with two attached hydrogens (primary N) is 1. The van der Waals surface area contributed by atoms with Gasteiger partial charge in [-0.15, -0.1) is 0 Å². The molecule has 0 aromatic rings. The minimum absolute atomic E-state index is 0.106. The molecule has 6 heavy (non-hydrogen) atoms. The van der Waals surface area contributed by atoms with E-state index < -0.39 is 7.68 Å². The molecule has 0 unspecified atom stereocenters. The lowest BCUT2D eigenvalue weighted by atomic mass is 10.8. The van der Waals surface area contributed by atoms with Crippen LogP contribution in [0.5, 0.6) is 0 Å². The molecular weight excluding hydrogens is 101 g/mol. The molecule has 0 heterocycles. The highest BCUT2D eigenvalue weighted by Gasteiger charge is 1.81. The Balaban J connectivity index is 3.07. The summed E-state index contributed by atoms with van der Waals surface area (Å²) in [6.45, 7) is 0.235. The topological polar surface area (TPSA) is 60.2 Å². The van der Waals surface area contributed by atoms with Crippen molar-refractivity contribution in [2.24, 2.45) is 5.73 Å². The largest absolute Gasteiger partial charge is 0.330 e. The maximum absolute atomic E-state index is 9.56. The summed E-state index contributed by atoms with van der Waals surface area (Å²) < 4.78 is 19.1. The Kier molecular flexibility index (Phi) is 2.99. The number of hydrogen-bond acceptors (Lipinski definition) is 3. The fourth-order valence-electron chi connectivity index (χ4n) is 0.105. The third-order valence-electron chi connectivity index (χ3n) is 0.312. The zero-order valence-electron chi connectivity index (χ0n) is 3.26. The van der Waals surface area contributed by atoms with Crippen molar-refractivity contribution in [3.63, 3.8) is 0 Å². The van der Waals surface area contributed by atoms with Crippen LogP contribution in [0.1, 0.15) is 0 Å². The molecule has 0 spiro atoms. The van der Waals surface area contributed by atoms with E-state index in [0.717, 1.165) is 0 Å². The lowest BCUT2D eigenvalue weighted by molar-refractivity contribution is 0.515. The third kappa shape index (κ3) is 3.86. The van der Waals surface area contributed by atoms with E-state index in [1.807, 2.05) is 0 Å². The van der Waals surface area contributed by atoms with Crippen molar-refractivity contribution >= 4 is 7.68 Å². The van der Waals surface area contributed by atoms with Crippen LogP contribution >= 0.6 is 7.68 Å². The van der Waals surface area contributed by atoms with E-state index in [9.17, 15) is 9.13 Å². The molecule has 0 saturated heterocycles. The Morgan fingerprint density at radius 2 is 2.00 bits per heavy atom. The molecule has 0 aromatic carbocycles. The van der Waals surface area contributed by atoms with Gasteiger partial charge in [-0.25, -0.2) is 9.13 Å². The Morgan fingerprint density at radius 3 is 2.00 bits per heavy atom. The van der Waals surface area contributed by atoms with Gasteiger partial charge >= 0.3 is 7.68 Å². The summed E-state index contributed by atoms with van der Waals surface area (Å²) in [7, 11) is -2.23. The molecule has 36 valence electrons. The van der Waals surface area contributed by atoms with Crippen molar-refractivity contribution in [3.8, 4) is 0 Å². The van der Waals surface area contributed by atoms with Crippen molar-refractivity contribution in [1.29, 1.82) is 0 Å². The standard InChI is InChI=1S/C2H6NO2P/c3-1-2-6(4)5/h1-3H2. The lowest BCUT2D eigenvalue weighted by Gasteiger charge is -1.70. The van der Waals surface area contributed by atoms with Gasteiger partial charge in [0.1, 0.15) is 0 Å². The van der Waals surface area contributed by atoms with E-state index in [0.29, 0.717) is 0 Å². The summed E-state index contributed by atoms with van der Waals surface area (Å²) in [6, 6.07) is 0. The molecule has 2 N–H and O–H groups in total. The molecule has 0 aliphatic rings. The van der Waals surface area contributed by atoms with Crippen molar-refractivity contribution in [1.82, 2.24) is 0 Å². The smallest absolute Gasteiger partial charge is 0.316 e. The minimum Gasteiger partial charge on any atom is -0.330 e. The van der Waals surface area contributed by atoms with Crippen LogP contribution < -0.4 is 5.73 Å². The van der Waals surface area contributed by atoms with Crippen LogP contribution in [0.2, 0.25) is 0 Å². The second kappa shape index (κ2) is 3.07. The van der Waals surface area contributed by atoms with Gasteiger partial charge in [0, 0.05) is 6.54 Å². The van der Waals surface area contributed by atoms with E-state index >= 15 is 0 Å². The molecule has 3 nitrogen and oxygen atoms in total. The summed E-state index contributed by atoms with van der Waals surface area (Å²) in [4.78, 5) is 0. The summed E-state index contributed by atoms with van der Waals surface area (Å²) in [5.41, 5.74) is 4.85. The average molecular weight is 107 g/mol. The highest BCUT2D eigenvalue weighted by Crippen LogP contribution is 1.96. The van der Waals surface area contributed by atoms with Gasteiger partial charge in [-0.1, -0.05) is 0 Å². The first-order valence-electron chi connectivity index (χ1n) is 1.59. The molecule has 4 heteroatoms. The fraction of sp³-hybridized carbons (Fsp3) is 1.00. The Morgan fingerprint density at radius 1 is 1.50 bits per heavy atom. The van der Waals surface area contributed by atoms with Crippen molar-refractivity contribution in [2.45, 2.75) is 0 Å². The highest BCUT2D eigenvalue weighted by atomic mass is 31.1. The Bertz CT molecular complexity index is 79.5. The molecule has 0 atom stereocenters. The molecule has 0 aromatic heterocycles. The van der Waals surface area contributed by atoms with Crippen LogP contribution in [0.4, 0.5) is 0 Å². The molecule has 0 bridgehead atoms. The van der Waals surface area contributed by atoms with E-state index in [-0.39, 0.29) is 12.7 Å². The normalized spacial score (nSPS) is 8.17. The van der Waals surface area contributed by atoms with Crippen LogP contribution in [-0.4, -0.2) is 12.7 Å². The fourth-order valence-corrected chi connectivity index (χ4v) is 0.316. The van der Waals surface area contributed by atoms with Crippen LogP contribution in [0.3, 0.4) is 0 Å². The maximum Gasteiger partial charge on any atom is 0.316 e. The van der Waals surface area contributed by atoms with E-state index in [4.69, 9.17) is 5.73 Å². The van der Waals surface area contributed by atoms with Crippen molar-refractivity contribution in [2.75, 3.05) is 12.7 Å². The van der Waals surface area contributed by atoms with Gasteiger partial charge in [-0.05, 0) is 0 Å². The van der Waals surface area contributed by atoms with Gasteiger partial charge in [0.15, 0.2) is 0 Å². The van der Waals surface area contributed by atoms with E-state index in [1.165, 1.54) is 0 Å². The summed E-state index contributed by atoms with van der Waals surface area (Å²) in [6.07, 6.45) is 0.106. The van der Waals surface area contributed by atoms with Crippen LogP contribution in [0.15, 0.2) is 0 Å². The Labute approximate surface area is 36.4 Å². The van der Waals surface area contributed by atoms with E-state index in [2.05, 4.69) is 0 Å². The van der Waals surface area contributed by atoms with Gasteiger partial charge in [-0.2, -0.15) is 0 Å². The van der Waals surface area contributed by atoms with E-state index in [1.54, 1.807) is 0 Å². The second-order valence-electron chi connectivity index (χ2n) is 0.845. The maximum atomic E-state index is 9.56. The minimum atomic E-state index is -2.23. The summed E-state index contributed by atoms with van der Waals surface area (Å²) in [5.74, 6) is 0. The van der Waals surface area contributed by atoms with Crippen LogP contribution in [0.25, 0.3) is 0 Å². The predicted octanol–water partition coefficient (Wildman–Crippen LogP) is 0.118. The SMILES string of the molecule is NCCP(=O)=O. The third-order valence-corrected chi connectivity index (χ3v) is 0.935. The zero-order chi connectivity index (χ0) is 4.99. The lowest BCUT2D eigenvalue weighted by Crippen LogP contribution is -1.98.